The molecule has 0 aliphatic carbocycles. The van der Waals surface area contributed by atoms with Crippen LogP contribution in [0.3, 0.4) is 0 Å². The van der Waals surface area contributed by atoms with Gasteiger partial charge in [-0.1, -0.05) is 0 Å². The molecule has 31 heavy (non-hydrogen) atoms. The van der Waals surface area contributed by atoms with Crippen LogP contribution in [-0.4, -0.2) is 51.9 Å². The van der Waals surface area contributed by atoms with Gasteiger partial charge in [0.15, 0.2) is 0 Å². The standard InChI is InChI=1S/C23H24N4O3S/c1-15-20(31-21(25-15)16-5-3-11-24-13-16)23(30)27-12-4-6-17(14-27)22(29)26(2)18-7-9-19(28)10-8-18/h3,5,7-11,13,17,28H,4,6,12,14H2,1-2H3. The Morgan fingerprint density at radius 2 is 2.00 bits per heavy atom. The van der Waals surface area contributed by atoms with Gasteiger partial charge < -0.3 is 14.9 Å². The number of carbonyl (C=O) groups is 2. The van der Waals surface area contributed by atoms with Crippen LogP contribution in [0.2, 0.25) is 0 Å². The highest BCUT2D eigenvalue weighted by atomic mass is 32.1. The molecule has 1 fully saturated rings. The molecule has 0 bridgehead atoms. The van der Waals surface area contributed by atoms with Gasteiger partial charge in [-0.15, -0.1) is 11.3 Å². The smallest absolute Gasteiger partial charge is 0.265 e. The Bertz CT molecular complexity index is 1080. The van der Waals surface area contributed by atoms with Gasteiger partial charge in [0.1, 0.15) is 15.6 Å². The number of rotatable bonds is 4. The predicted molar refractivity (Wildman–Crippen MR) is 120 cm³/mol. The van der Waals surface area contributed by atoms with Gasteiger partial charge >= 0.3 is 0 Å². The first-order valence-corrected chi connectivity index (χ1v) is 11.0. The van der Waals surface area contributed by atoms with Crippen molar-refractivity contribution in [2.45, 2.75) is 19.8 Å². The van der Waals surface area contributed by atoms with Gasteiger partial charge in [-0.25, -0.2) is 4.98 Å². The molecule has 1 N–H and O–H groups in total. The van der Waals surface area contributed by atoms with E-state index in [4.69, 9.17) is 0 Å². The number of carbonyl (C=O) groups excluding carboxylic acids is 2. The Balaban J connectivity index is 1.48. The molecule has 3 heterocycles. The van der Waals surface area contributed by atoms with Crippen molar-refractivity contribution < 1.29 is 14.7 Å². The maximum absolute atomic E-state index is 13.2. The fourth-order valence-electron chi connectivity index (χ4n) is 3.79. The third kappa shape index (κ3) is 4.44. The molecule has 3 aromatic rings. The number of amides is 2. The van der Waals surface area contributed by atoms with E-state index in [9.17, 15) is 14.7 Å². The van der Waals surface area contributed by atoms with Gasteiger partial charge in [0.2, 0.25) is 5.91 Å². The number of hydrogen-bond donors (Lipinski definition) is 1. The van der Waals surface area contributed by atoms with E-state index in [2.05, 4.69) is 9.97 Å². The molecule has 7 nitrogen and oxygen atoms in total. The summed E-state index contributed by atoms with van der Waals surface area (Å²) in [5.41, 5.74) is 2.30. The zero-order valence-corrected chi connectivity index (χ0v) is 18.3. The highest BCUT2D eigenvalue weighted by molar-refractivity contribution is 7.17. The summed E-state index contributed by atoms with van der Waals surface area (Å²) >= 11 is 1.37. The second-order valence-corrected chi connectivity index (χ2v) is 8.68. The number of thiazole rings is 1. The normalized spacial score (nSPS) is 16.2. The van der Waals surface area contributed by atoms with Crippen molar-refractivity contribution in [2.75, 3.05) is 25.0 Å². The van der Waals surface area contributed by atoms with Crippen LogP contribution in [0.4, 0.5) is 5.69 Å². The first-order chi connectivity index (χ1) is 14.9. The summed E-state index contributed by atoms with van der Waals surface area (Å²) in [6, 6.07) is 10.3. The van der Waals surface area contributed by atoms with Crippen LogP contribution >= 0.6 is 11.3 Å². The maximum Gasteiger partial charge on any atom is 0.265 e. The third-order valence-electron chi connectivity index (χ3n) is 5.52. The number of anilines is 1. The highest BCUT2D eigenvalue weighted by Gasteiger charge is 2.32. The Kier molecular flexibility index (Phi) is 5.99. The molecular weight excluding hydrogens is 412 g/mol. The average molecular weight is 437 g/mol. The summed E-state index contributed by atoms with van der Waals surface area (Å²) in [5, 5.41) is 10.2. The molecule has 0 spiro atoms. The number of benzene rings is 1. The van der Waals surface area contributed by atoms with Gasteiger partial charge in [-0.2, -0.15) is 0 Å². The molecule has 1 saturated heterocycles. The average Bonchev–Trinajstić information content (AvgIpc) is 3.20. The minimum Gasteiger partial charge on any atom is -0.508 e. The number of piperidine rings is 1. The molecule has 1 aliphatic heterocycles. The molecule has 2 aromatic heterocycles. The molecule has 160 valence electrons. The third-order valence-corrected chi connectivity index (χ3v) is 6.72. The van der Waals surface area contributed by atoms with Gasteiger partial charge in [0.05, 0.1) is 11.6 Å². The maximum atomic E-state index is 13.2. The molecule has 0 saturated carbocycles. The number of nitrogens with zero attached hydrogens (tertiary/aromatic N) is 4. The van der Waals surface area contributed by atoms with Crippen LogP contribution in [0.5, 0.6) is 5.75 Å². The lowest BCUT2D eigenvalue weighted by Crippen LogP contribution is -2.46. The van der Waals surface area contributed by atoms with Crippen molar-refractivity contribution in [1.82, 2.24) is 14.9 Å². The topological polar surface area (TPSA) is 86.6 Å². The number of aromatic nitrogens is 2. The van der Waals surface area contributed by atoms with Crippen molar-refractivity contribution in [3.8, 4) is 16.3 Å². The SMILES string of the molecule is Cc1nc(-c2cccnc2)sc1C(=O)N1CCCC(C(=O)N(C)c2ccc(O)cc2)C1. The summed E-state index contributed by atoms with van der Waals surface area (Å²) in [6.07, 6.45) is 4.96. The van der Waals surface area contributed by atoms with E-state index in [1.807, 2.05) is 19.1 Å². The van der Waals surface area contributed by atoms with E-state index in [0.717, 1.165) is 23.4 Å². The summed E-state index contributed by atoms with van der Waals surface area (Å²) in [5.74, 6) is -0.206. The number of phenols is 1. The number of hydrogen-bond acceptors (Lipinski definition) is 6. The van der Waals surface area contributed by atoms with Crippen molar-refractivity contribution in [3.63, 3.8) is 0 Å². The Morgan fingerprint density at radius 3 is 2.71 bits per heavy atom. The lowest BCUT2D eigenvalue weighted by molar-refractivity contribution is -0.123. The van der Waals surface area contributed by atoms with Crippen LogP contribution < -0.4 is 4.90 Å². The molecule has 1 atom stereocenters. The number of aromatic hydroxyl groups is 1. The first-order valence-electron chi connectivity index (χ1n) is 10.2. The van der Waals surface area contributed by atoms with Crippen LogP contribution in [0.1, 0.15) is 28.2 Å². The Morgan fingerprint density at radius 1 is 1.23 bits per heavy atom. The molecular formula is C23H24N4O3S. The minimum absolute atomic E-state index is 0.0275. The fraction of sp³-hybridized carbons (Fsp3) is 0.304. The summed E-state index contributed by atoms with van der Waals surface area (Å²) < 4.78 is 0. The van der Waals surface area contributed by atoms with E-state index in [1.165, 1.54) is 11.3 Å². The Hall–Kier alpha value is -3.26. The zero-order valence-electron chi connectivity index (χ0n) is 17.5. The number of phenolic OH excluding ortho intramolecular Hbond substituents is 1. The number of aryl methyl sites for hydroxylation is 1. The molecule has 2 amide bonds. The molecule has 8 heteroatoms. The largest absolute Gasteiger partial charge is 0.508 e. The minimum atomic E-state index is -0.262. The van der Waals surface area contributed by atoms with Crippen molar-refractivity contribution >= 4 is 28.8 Å². The van der Waals surface area contributed by atoms with E-state index < -0.39 is 0 Å². The number of pyridine rings is 1. The van der Waals surface area contributed by atoms with Crippen molar-refractivity contribution in [2.24, 2.45) is 5.92 Å². The van der Waals surface area contributed by atoms with Crippen LogP contribution in [-0.2, 0) is 4.79 Å². The summed E-state index contributed by atoms with van der Waals surface area (Å²) in [6.45, 7) is 2.86. The van der Waals surface area contributed by atoms with Crippen LogP contribution in [0.25, 0.3) is 10.6 Å². The van der Waals surface area contributed by atoms with Gasteiger partial charge in [-0.05, 0) is 56.2 Å². The van der Waals surface area contributed by atoms with Gasteiger partial charge in [0, 0.05) is 43.8 Å². The fourth-order valence-corrected chi connectivity index (χ4v) is 4.82. The van der Waals surface area contributed by atoms with Gasteiger partial charge in [-0.3, -0.25) is 14.6 Å². The predicted octanol–water partition coefficient (Wildman–Crippen LogP) is 3.73. The summed E-state index contributed by atoms with van der Waals surface area (Å²) in [7, 11) is 1.73. The number of likely N-dealkylation sites (tertiary alicyclic amines) is 1. The van der Waals surface area contributed by atoms with E-state index >= 15 is 0 Å². The molecule has 1 unspecified atom stereocenters. The molecule has 0 radical (unpaired) electrons. The van der Waals surface area contributed by atoms with Crippen LogP contribution in [0, 0.1) is 12.8 Å². The lowest BCUT2D eigenvalue weighted by atomic mass is 9.96. The van der Waals surface area contributed by atoms with Crippen molar-refractivity contribution in [3.05, 3.63) is 59.4 Å². The van der Waals surface area contributed by atoms with Crippen molar-refractivity contribution in [1.29, 1.82) is 0 Å². The monoisotopic (exact) mass is 436 g/mol. The summed E-state index contributed by atoms with van der Waals surface area (Å²) in [4.78, 5) is 39.0. The van der Waals surface area contributed by atoms with Gasteiger partial charge in [0.25, 0.3) is 5.91 Å². The van der Waals surface area contributed by atoms with E-state index in [-0.39, 0.29) is 23.5 Å². The first kappa shape index (κ1) is 21.0. The molecule has 4 rings (SSSR count). The highest BCUT2D eigenvalue weighted by Crippen LogP contribution is 2.30. The second-order valence-electron chi connectivity index (χ2n) is 7.68. The van der Waals surface area contributed by atoms with E-state index in [0.29, 0.717) is 29.3 Å². The second kappa shape index (κ2) is 8.85. The molecule has 1 aliphatic rings. The van der Waals surface area contributed by atoms with Crippen LogP contribution in [0.15, 0.2) is 48.8 Å². The quantitative estimate of drug-likeness (QED) is 0.673. The molecule has 1 aromatic carbocycles. The Labute approximate surface area is 185 Å². The zero-order chi connectivity index (χ0) is 22.0. The van der Waals surface area contributed by atoms with E-state index in [1.54, 1.807) is 53.5 Å². The lowest BCUT2D eigenvalue weighted by Gasteiger charge is -2.33.